The normalized spacial score (nSPS) is 25.7. The van der Waals surface area contributed by atoms with Crippen molar-refractivity contribution in [2.45, 2.75) is 82.4 Å². The number of carbonyl (C=O) groups excluding carboxylic acids is 2. The van der Waals surface area contributed by atoms with Gasteiger partial charge in [0, 0.05) is 41.7 Å². The van der Waals surface area contributed by atoms with Gasteiger partial charge in [-0.05, 0) is 80.2 Å². The number of halogens is 1. The quantitative estimate of drug-likeness (QED) is 0.284. The van der Waals surface area contributed by atoms with E-state index in [9.17, 15) is 19.1 Å². The molecule has 0 spiro atoms. The summed E-state index contributed by atoms with van der Waals surface area (Å²) < 4.78 is 15.0. The molecule has 2 aromatic carbocycles. The summed E-state index contributed by atoms with van der Waals surface area (Å²) in [5.74, 6) is 0.199. The molecule has 2 aliphatic carbocycles. The molecular formula is C33H39FN4O3. The van der Waals surface area contributed by atoms with E-state index in [1.807, 2.05) is 31.2 Å². The zero-order valence-corrected chi connectivity index (χ0v) is 23.8. The zero-order chi connectivity index (χ0) is 29.2. The van der Waals surface area contributed by atoms with Gasteiger partial charge in [0.15, 0.2) is 0 Å². The number of rotatable bonds is 8. The van der Waals surface area contributed by atoms with Crippen molar-refractivity contribution in [1.82, 2.24) is 10.3 Å². The number of pyridine rings is 1. The lowest BCUT2D eigenvalue weighted by Crippen LogP contribution is -2.58. The van der Waals surface area contributed by atoms with Crippen LogP contribution in [0.25, 0.3) is 22.3 Å². The monoisotopic (exact) mass is 558 g/mol. The molecule has 0 bridgehead atoms. The number of hydrogen-bond donors (Lipinski definition) is 4. The summed E-state index contributed by atoms with van der Waals surface area (Å²) in [5.41, 5.74) is 8.77. The average molecular weight is 559 g/mol. The molecule has 0 atom stereocenters. The third kappa shape index (κ3) is 6.66. The summed E-state index contributed by atoms with van der Waals surface area (Å²) in [6, 6.07) is 16.3. The van der Waals surface area contributed by atoms with E-state index in [0.717, 1.165) is 42.4 Å². The van der Waals surface area contributed by atoms with Crippen LogP contribution >= 0.6 is 0 Å². The first-order chi connectivity index (χ1) is 19.5. The molecule has 2 amide bonds. The second-order valence-corrected chi connectivity index (χ2v) is 12.1. The fraction of sp³-hybridized carbons (Fsp3) is 0.424. The minimum atomic E-state index is -0.749. The molecule has 216 valence electrons. The predicted molar refractivity (Wildman–Crippen MR) is 158 cm³/mol. The van der Waals surface area contributed by atoms with Crippen LogP contribution in [0.4, 0.5) is 10.2 Å². The number of carbonyl (C=O) groups is 2. The van der Waals surface area contributed by atoms with E-state index >= 15 is 0 Å². The van der Waals surface area contributed by atoms with Gasteiger partial charge in [0.1, 0.15) is 11.6 Å². The number of benzene rings is 2. The number of nitrogens with two attached hydrogens (primary N) is 1. The van der Waals surface area contributed by atoms with Crippen LogP contribution in [0, 0.1) is 11.7 Å². The highest BCUT2D eigenvalue weighted by Gasteiger charge is 2.49. The number of hydrogen-bond acceptors (Lipinski definition) is 5. The number of aliphatic hydroxyl groups is 1. The van der Waals surface area contributed by atoms with Crippen molar-refractivity contribution in [3.63, 3.8) is 0 Å². The maximum Gasteiger partial charge on any atom is 0.225 e. The molecule has 41 heavy (non-hydrogen) atoms. The molecule has 0 aliphatic heterocycles. The minimum absolute atomic E-state index is 0.0678. The van der Waals surface area contributed by atoms with Gasteiger partial charge >= 0.3 is 0 Å². The van der Waals surface area contributed by atoms with Gasteiger partial charge in [-0.15, -0.1) is 0 Å². The van der Waals surface area contributed by atoms with E-state index in [1.165, 1.54) is 6.07 Å². The molecule has 5 N–H and O–H groups in total. The maximum atomic E-state index is 15.0. The van der Waals surface area contributed by atoms with Crippen LogP contribution in [0.1, 0.15) is 70.8 Å². The summed E-state index contributed by atoms with van der Waals surface area (Å²) in [7, 11) is 0. The smallest absolute Gasteiger partial charge is 0.225 e. The Labute approximate surface area is 240 Å². The predicted octanol–water partition coefficient (Wildman–Crippen LogP) is 5.67. The summed E-state index contributed by atoms with van der Waals surface area (Å²) in [4.78, 5) is 29.1. The van der Waals surface area contributed by atoms with Crippen molar-refractivity contribution < 1.29 is 19.1 Å². The number of nitrogens with one attached hydrogen (secondary N) is 2. The van der Waals surface area contributed by atoms with E-state index in [0.29, 0.717) is 42.6 Å². The van der Waals surface area contributed by atoms with Crippen molar-refractivity contribution in [2.24, 2.45) is 11.7 Å². The highest BCUT2D eigenvalue weighted by molar-refractivity contribution is 5.92. The van der Waals surface area contributed by atoms with Crippen molar-refractivity contribution in [3.05, 3.63) is 72.2 Å². The lowest BCUT2D eigenvalue weighted by atomic mass is 9.63. The van der Waals surface area contributed by atoms with Gasteiger partial charge in [0.2, 0.25) is 11.8 Å². The molecule has 0 radical (unpaired) electrons. The van der Waals surface area contributed by atoms with E-state index in [2.05, 4.69) is 15.6 Å². The third-order valence-corrected chi connectivity index (χ3v) is 8.51. The number of aromatic nitrogens is 1. The summed E-state index contributed by atoms with van der Waals surface area (Å²) >= 11 is 0. The van der Waals surface area contributed by atoms with E-state index in [1.54, 1.807) is 37.4 Å². The molecule has 1 heterocycles. The first-order valence-corrected chi connectivity index (χ1v) is 14.5. The molecule has 2 saturated carbocycles. The molecular weight excluding hydrogens is 519 g/mol. The Morgan fingerprint density at radius 2 is 1.68 bits per heavy atom. The fourth-order valence-electron chi connectivity index (χ4n) is 6.45. The van der Waals surface area contributed by atoms with Crippen molar-refractivity contribution in [1.29, 1.82) is 0 Å². The third-order valence-electron chi connectivity index (χ3n) is 8.51. The Balaban J connectivity index is 1.32. The Morgan fingerprint density at radius 1 is 1.00 bits per heavy atom. The molecule has 0 unspecified atom stereocenters. The molecule has 0 saturated heterocycles. The van der Waals surface area contributed by atoms with E-state index in [-0.39, 0.29) is 29.6 Å². The lowest BCUT2D eigenvalue weighted by molar-refractivity contribution is -0.122. The average Bonchev–Trinajstić information content (AvgIpc) is 2.93. The zero-order valence-electron chi connectivity index (χ0n) is 23.8. The van der Waals surface area contributed by atoms with Gasteiger partial charge in [-0.3, -0.25) is 9.59 Å². The fourth-order valence-corrected chi connectivity index (χ4v) is 6.45. The van der Waals surface area contributed by atoms with Crippen LogP contribution in [0.3, 0.4) is 0 Å². The van der Waals surface area contributed by atoms with E-state index < -0.39 is 11.1 Å². The number of anilines is 1. The second-order valence-electron chi connectivity index (χ2n) is 12.1. The molecule has 1 aromatic heterocycles. The Kier molecular flexibility index (Phi) is 8.25. The standard InChI is InChI=1S/C33H39FN4O3/c1-3-30(39)37-24-14-8-21(9-15-24)16-31(40)38-29-17-26(25-6-4-5-7-28(25)34)27(18-36-29)22-10-12-23(13-11-22)33(35)19-32(2,41)20-33/h4-7,10-13,17-18,21,24,41H,3,8-9,14-16,19-20,35H2,1-2H3,(H,37,39)(H,36,38,40). The summed E-state index contributed by atoms with van der Waals surface area (Å²) in [5, 5.41) is 16.2. The Morgan fingerprint density at radius 3 is 2.32 bits per heavy atom. The minimum Gasteiger partial charge on any atom is -0.390 e. The van der Waals surface area contributed by atoms with Crippen LogP contribution in [-0.2, 0) is 15.1 Å². The van der Waals surface area contributed by atoms with Crippen LogP contribution in [0.5, 0.6) is 0 Å². The van der Waals surface area contributed by atoms with Gasteiger partial charge in [-0.1, -0.05) is 49.4 Å². The molecule has 8 heteroatoms. The van der Waals surface area contributed by atoms with Gasteiger partial charge < -0.3 is 21.5 Å². The first kappa shape index (κ1) is 28.9. The number of nitrogens with zero attached hydrogens (tertiary/aromatic N) is 1. The van der Waals surface area contributed by atoms with Gasteiger partial charge in [-0.25, -0.2) is 9.37 Å². The second kappa shape index (κ2) is 11.7. The largest absolute Gasteiger partial charge is 0.390 e. The number of amides is 2. The molecule has 3 aromatic rings. The molecule has 7 nitrogen and oxygen atoms in total. The van der Waals surface area contributed by atoms with Crippen molar-refractivity contribution in [2.75, 3.05) is 5.32 Å². The highest BCUT2D eigenvalue weighted by atomic mass is 19.1. The molecule has 2 aliphatic rings. The highest BCUT2D eigenvalue weighted by Crippen LogP contribution is 2.46. The summed E-state index contributed by atoms with van der Waals surface area (Å²) in [6.45, 7) is 3.64. The van der Waals surface area contributed by atoms with Crippen molar-refractivity contribution >= 4 is 17.6 Å². The van der Waals surface area contributed by atoms with E-state index in [4.69, 9.17) is 5.73 Å². The van der Waals surface area contributed by atoms with Gasteiger partial charge in [0.25, 0.3) is 0 Å². The Bertz CT molecular complexity index is 1410. The molecule has 5 rings (SSSR count). The van der Waals surface area contributed by atoms with Crippen LogP contribution in [-0.4, -0.2) is 33.5 Å². The van der Waals surface area contributed by atoms with Crippen LogP contribution in [0.2, 0.25) is 0 Å². The topological polar surface area (TPSA) is 117 Å². The SMILES string of the molecule is CCC(=O)NC1CCC(CC(=O)Nc2cc(-c3ccccc3F)c(-c3ccc(C4(N)CC(C)(O)C4)cc3)cn2)CC1. The van der Waals surface area contributed by atoms with Gasteiger partial charge in [0.05, 0.1) is 5.60 Å². The summed E-state index contributed by atoms with van der Waals surface area (Å²) in [6.07, 6.45) is 7.02. The van der Waals surface area contributed by atoms with Gasteiger partial charge in [-0.2, -0.15) is 0 Å². The van der Waals surface area contributed by atoms with Crippen LogP contribution < -0.4 is 16.4 Å². The lowest BCUT2D eigenvalue weighted by Gasteiger charge is -2.49. The maximum absolute atomic E-state index is 15.0. The first-order valence-electron chi connectivity index (χ1n) is 14.5. The Hall–Kier alpha value is -3.62. The van der Waals surface area contributed by atoms with Crippen molar-refractivity contribution in [3.8, 4) is 22.3 Å². The molecule has 2 fully saturated rings. The van der Waals surface area contributed by atoms with Crippen LogP contribution in [0.15, 0.2) is 60.8 Å².